The number of nitrogen functional groups attached to an aromatic ring is 1. The number of ketones is 1. The van der Waals surface area contributed by atoms with Crippen molar-refractivity contribution >= 4 is 29.1 Å². The van der Waals surface area contributed by atoms with Crippen molar-refractivity contribution in [2.24, 2.45) is 0 Å². The Labute approximate surface area is 208 Å². The summed E-state index contributed by atoms with van der Waals surface area (Å²) in [5.41, 5.74) is -5.62. The van der Waals surface area contributed by atoms with Crippen LogP contribution in [0.25, 0.3) is 5.69 Å². The van der Waals surface area contributed by atoms with E-state index in [1.807, 2.05) is 0 Å². The van der Waals surface area contributed by atoms with Crippen LogP contribution < -0.4 is 21.8 Å². The third-order valence-corrected chi connectivity index (χ3v) is 6.08. The van der Waals surface area contributed by atoms with Crippen LogP contribution in [-0.2, 0) is 11.0 Å². The molecule has 1 aromatic carbocycles. The Hall–Kier alpha value is -3.39. The third kappa shape index (κ3) is 6.05. The number of hydrogen-bond donors (Lipinski definition) is 1. The maximum Gasteiger partial charge on any atom is 0.433 e. The summed E-state index contributed by atoms with van der Waals surface area (Å²) in [6.45, 7) is 1.48. The highest BCUT2D eigenvalue weighted by Gasteiger charge is 2.36. The first-order valence-electron chi connectivity index (χ1n) is 9.96. The number of carbonyl (C=O) groups is 1. The summed E-state index contributed by atoms with van der Waals surface area (Å²) in [5, 5.41) is -0.221. The number of rotatable bonds is 8. The SMILES string of the molecule is CC(=O)CCCOc1ncc(F)cc1Sc1cc(-n2c(=O)cc(C(F)(F)F)n(N)c2=O)c(F)cc1Cl. The van der Waals surface area contributed by atoms with Gasteiger partial charge in [0.15, 0.2) is 5.69 Å². The number of halogens is 6. The van der Waals surface area contributed by atoms with Crippen LogP contribution in [-0.4, -0.2) is 26.6 Å². The lowest BCUT2D eigenvalue weighted by Crippen LogP contribution is -2.45. The van der Waals surface area contributed by atoms with Gasteiger partial charge in [0.25, 0.3) is 5.56 Å². The topological polar surface area (TPSA) is 109 Å². The fourth-order valence-corrected chi connectivity index (χ4v) is 4.16. The third-order valence-electron chi connectivity index (χ3n) is 4.59. The summed E-state index contributed by atoms with van der Waals surface area (Å²) in [6, 6.07) is 2.73. The number of nitrogens with zero attached hydrogens (tertiary/aromatic N) is 3. The summed E-state index contributed by atoms with van der Waals surface area (Å²) < 4.78 is 73.0. The second-order valence-corrected chi connectivity index (χ2v) is 8.79. The number of benzene rings is 1. The summed E-state index contributed by atoms with van der Waals surface area (Å²) in [6.07, 6.45) is -3.62. The number of carbonyl (C=O) groups excluding carboxylic acids is 1. The van der Waals surface area contributed by atoms with Gasteiger partial charge in [0.05, 0.1) is 28.4 Å². The fourth-order valence-electron chi connectivity index (χ4n) is 2.96. The first-order valence-corrected chi connectivity index (χ1v) is 11.2. The van der Waals surface area contributed by atoms with Gasteiger partial charge in [-0.1, -0.05) is 23.4 Å². The zero-order chi connectivity index (χ0) is 26.8. The molecule has 2 aromatic heterocycles. The van der Waals surface area contributed by atoms with Gasteiger partial charge in [-0.25, -0.2) is 27.8 Å². The van der Waals surface area contributed by atoms with Crippen molar-refractivity contribution < 1.29 is 31.5 Å². The highest BCUT2D eigenvalue weighted by molar-refractivity contribution is 7.99. The van der Waals surface area contributed by atoms with E-state index in [1.165, 1.54) is 6.92 Å². The average molecular weight is 551 g/mol. The average Bonchev–Trinajstić information content (AvgIpc) is 2.77. The molecule has 36 heavy (non-hydrogen) atoms. The highest BCUT2D eigenvalue weighted by atomic mass is 35.5. The number of nitrogens with two attached hydrogens (primary N) is 1. The number of alkyl halides is 3. The molecule has 3 aromatic rings. The van der Waals surface area contributed by atoms with Gasteiger partial charge < -0.3 is 15.4 Å². The van der Waals surface area contributed by atoms with Gasteiger partial charge in [-0.3, -0.25) is 4.79 Å². The minimum atomic E-state index is -5.11. The van der Waals surface area contributed by atoms with Crippen molar-refractivity contribution in [3.05, 3.63) is 73.7 Å². The Kier molecular flexibility index (Phi) is 8.09. The molecule has 0 aliphatic heterocycles. The van der Waals surface area contributed by atoms with Crippen LogP contribution in [0.4, 0.5) is 22.0 Å². The first-order chi connectivity index (χ1) is 16.8. The number of aromatic nitrogens is 3. The van der Waals surface area contributed by atoms with E-state index in [2.05, 4.69) is 4.98 Å². The van der Waals surface area contributed by atoms with Gasteiger partial charge in [0.2, 0.25) is 5.88 Å². The van der Waals surface area contributed by atoms with Crippen molar-refractivity contribution in [1.29, 1.82) is 0 Å². The van der Waals surface area contributed by atoms with Crippen LogP contribution in [0, 0.1) is 11.6 Å². The van der Waals surface area contributed by atoms with Crippen molar-refractivity contribution in [2.75, 3.05) is 12.4 Å². The zero-order valence-corrected chi connectivity index (χ0v) is 19.8. The van der Waals surface area contributed by atoms with E-state index < -0.39 is 40.4 Å². The van der Waals surface area contributed by atoms with Gasteiger partial charge in [-0.05, 0) is 31.5 Å². The lowest BCUT2D eigenvalue weighted by molar-refractivity contribution is -0.143. The Morgan fingerprint density at radius 2 is 1.86 bits per heavy atom. The summed E-state index contributed by atoms with van der Waals surface area (Å²) >= 11 is 6.82. The van der Waals surface area contributed by atoms with E-state index in [-0.39, 0.29) is 54.8 Å². The normalized spacial score (nSPS) is 11.5. The van der Waals surface area contributed by atoms with E-state index >= 15 is 0 Å². The van der Waals surface area contributed by atoms with E-state index in [9.17, 15) is 36.3 Å². The standard InChI is InChI=1S/C21H16ClF5N4O4S/c1-10(32)3-2-4-35-19-16(5-11(23)9-29-19)36-15-7-14(13(24)6-12(15)22)30-18(33)8-17(21(25,26)27)31(28)20(30)34/h5-9H,2-4,28H2,1H3. The lowest BCUT2D eigenvalue weighted by Gasteiger charge is -2.15. The van der Waals surface area contributed by atoms with E-state index in [1.54, 1.807) is 0 Å². The molecule has 0 bridgehead atoms. The monoisotopic (exact) mass is 550 g/mol. The van der Waals surface area contributed by atoms with Crippen molar-refractivity contribution in [1.82, 2.24) is 14.2 Å². The Morgan fingerprint density at radius 3 is 2.50 bits per heavy atom. The molecule has 0 saturated heterocycles. The maximum absolute atomic E-state index is 14.7. The van der Waals surface area contributed by atoms with Gasteiger partial charge in [-0.15, -0.1) is 0 Å². The lowest BCUT2D eigenvalue weighted by atomic mass is 10.2. The number of pyridine rings is 1. The molecule has 0 aliphatic rings. The van der Waals surface area contributed by atoms with Gasteiger partial charge >= 0.3 is 11.9 Å². The Balaban J connectivity index is 2.05. The molecular formula is C21H16ClF5N4O4S. The van der Waals surface area contributed by atoms with Crippen molar-refractivity contribution in [2.45, 2.75) is 35.7 Å². The Morgan fingerprint density at radius 1 is 1.17 bits per heavy atom. The van der Waals surface area contributed by atoms with E-state index in [0.29, 0.717) is 6.42 Å². The minimum Gasteiger partial charge on any atom is -0.477 e. The van der Waals surface area contributed by atoms with Crippen LogP contribution in [0.5, 0.6) is 5.88 Å². The molecule has 0 aliphatic carbocycles. The van der Waals surface area contributed by atoms with Crippen molar-refractivity contribution in [3.63, 3.8) is 0 Å². The predicted molar refractivity (Wildman–Crippen MR) is 120 cm³/mol. The molecule has 0 radical (unpaired) electrons. The predicted octanol–water partition coefficient (Wildman–Crippen LogP) is 3.96. The molecule has 3 rings (SSSR count). The maximum atomic E-state index is 14.7. The number of hydrogen-bond acceptors (Lipinski definition) is 7. The van der Waals surface area contributed by atoms with Crippen LogP contribution in [0.1, 0.15) is 25.5 Å². The minimum absolute atomic E-state index is 0.0104. The largest absolute Gasteiger partial charge is 0.477 e. The second kappa shape index (κ2) is 10.7. The molecular weight excluding hydrogens is 535 g/mol. The molecule has 0 saturated carbocycles. The molecule has 192 valence electrons. The molecule has 2 heterocycles. The second-order valence-electron chi connectivity index (χ2n) is 7.30. The number of ether oxygens (including phenoxy) is 1. The van der Waals surface area contributed by atoms with Crippen LogP contribution in [0.3, 0.4) is 0 Å². The first kappa shape index (κ1) is 27.2. The molecule has 0 amide bonds. The Bertz CT molecular complexity index is 1440. The highest BCUT2D eigenvalue weighted by Crippen LogP contribution is 2.39. The molecule has 2 N–H and O–H groups in total. The number of Topliss-reactive ketones (excluding diaryl/α,β-unsaturated/α-hetero) is 1. The van der Waals surface area contributed by atoms with Crippen LogP contribution in [0.2, 0.25) is 5.02 Å². The quantitative estimate of drug-likeness (QED) is 0.257. The van der Waals surface area contributed by atoms with E-state index in [0.717, 1.165) is 36.2 Å². The van der Waals surface area contributed by atoms with Gasteiger partial charge in [-0.2, -0.15) is 13.2 Å². The summed E-state index contributed by atoms with van der Waals surface area (Å²) in [4.78, 5) is 39.8. The van der Waals surface area contributed by atoms with Crippen molar-refractivity contribution in [3.8, 4) is 11.6 Å². The molecule has 8 nitrogen and oxygen atoms in total. The molecule has 0 unspecified atom stereocenters. The summed E-state index contributed by atoms with van der Waals surface area (Å²) in [5.74, 6) is 3.16. The van der Waals surface area contributed by atoms with E-state index in [4.69, 9.17) is 22.2 Å². The van der Waals surface area contributed by atoms with Gasteiger partial charge in [0, 0.05) is 17.4 Å². The molecule has 0 fully saturated rings. The smallest absolute Gasteiger partial charge is 0.433 e. The molecule has 15 heteroatoms. The fraction of sp³-hybridized carbons (Fsp3) is 0.238. The zero-order valence-electron chi connectivity index (χ0n) is 18.2. The summed E-state index contributed by atoms with van der Waals surface area (Å²) in [7, 11) is 0. The van der Waals surface area contributed by atoms with Crippen LogP contribution >= 0.6 is 23.4 Å². The van der Waals surface area contributed by atoms with Crippen LogP contribution in [0.15, 0.2) is 49.8 Å². The molecule has 0 spiro atoms. The van der Waals surface area contributed by atoms with Gasteiger partial charge in [0.1, 0.15) is 17.4 Å². The molecule has 0 atom stereocenters.